The number of aromatic nitrogens is 10. The molecule has 6 rings (SSSR count). The summed E-state index contributed by atoms with van der Waals surface area (Å²) >= 11 is 9.85. The summed E-state index contributed by atoms with van der Waals surface area (Å²) in [5.41, 5.74) is 12.4. The van der Waals surface area contributed by atoms with Crippen molar-refractivity contribution in [1.82, 2.24) is 49.4 Å². The zero-order valence-electron chi connectivity index (χ0n) is 19.8. The maximum absolute atomic E-state index is 13.7. The van der Waals surface area contributed by atoms with Crippen molar-refractivity contribution in [3.8, 4) is 0 Å². The molecular weight excluding hydrogens is 757 g/mol. The molecule has 21 heteroatoms. The van der Waals surface area contributed by atoms with Crippen molar-refractivity contribution in [1.29, 1.82) is 0 Å². The number of hydrogen-bond donors (Lipinski definition) is 8. The first-order valence-corrected chi connectivity index (χ1v) is 11.6. The van der Waals surface area contributed by atoms with Crippen molar-refractivity contribution in [2.45, 2.75) is 24.4 Å². The number of aromatic amines is 4. The van der Waals surface area contributed by atoms with E-state index in [2.05, 4.69) is 44.9 Å². The number of nitrogens with two attached hydrogens (primary N) is 2. The number of aliphatic hydroxyl groups excluding tert-OH is 2. The number of halogens is 2. The number of hydrogen-bond acceptors (Lipinski definition) is 13. The van der Waals surface area contributed by atoms with Crippen molar-refractivity contribution in [3.63, 3.8) is 0 Å². The Bertz CT molecular complexity index is 1770. The van der Waals surface area contributed by atoms with Crippen LogP contribution in [0, 0.1) is 9.28 Å². The van der Waals surface area contributed by atoms with Crippen LogP contribution in [-0.4, -0.2) is 84.4 Å². The molecule has 5 aromatic rings. The molecule has 0 bridgehead atoms. The van der Waals surface area contributed by atoms with E-state index < -0.39 is 36.7 Å². The van der Waals surface area contributed by atoms with Crippen LogP contribution in [0.3, 0.4) is 0 Å². The molecule has 5 aromatic heterocycles. The monoisotopic (exact) mass is 777 g/mol. The Balaban J connectivity index is 0.000000173. The Morgan fingerprint density at radius 1 is 1.07 bits per heavy atom. The van der Waals surface area contributed by atoms with Gasteiger partial charge in [0.25, 0.3) is 0 Å². The van der Waals surface area contributed by atoms with E-state index >= 15 is 0 Å². The second kappa shape index (κ2) is 12.7. The average molecular weight is 778 g/mol. The molecule has 0 spiro atoms. The number of ether oxygens (including phenoxy) is 1. The summed E-state index contributed by atoms with van der Waals surface area (Å²) in [6.07, 6.45) is -0.0442. The van der Waals surface area contributed by atoms with Crippen LogP contribution in [0.2, 0.25) is 0 Å². The van der Waals surface area contributed by atoms with Crippen LogP contribution in [0.1, 0.15) is 6.23 Å². The zero-order chi connectivity index (χ0) is 28.3. The third-order valence-electron chi connectivity index (χ3n) is 5.21. The second-order valence-electron chi connectivity index (χ2n) is 7.76. The number of H-pyrrole nitrogens is 4. The maximum Gasteiger partial charge on any atom is 0.351 e. The normalized spacial score (nSPS) is 19.2. The van der Waals surface area contributed by atoms with E-state index in [0.717, 1.165) is 17.8 Å². The third-order valence-corrected chi connectivity index (χ3v) is 5.83. The van der Waals surface area contributed by atoms with E-state index in [4.69, 9.17) is 45.7 Å². The van der Waals surface area contributed by atoms with Gasteiger partial charge in [-0.3, -0.25) is 4.57 Å². The van der Waals surface area contributed by atoms with E-state index in [1.165, 1.54) is 12.7 Å². The maximum atomic E-state index is 13.7. The molecular formula is C19H20F2N12O4PtS2. The predicted octanol–water partition coefficient (Wildman–Crippen LogP) is 0.322. The summed E-state index contributed by atoms with van der Waals surface area (Å²) in [5, 5.41) is 18.1. The molecule has 1 aliphatic heterocycles. The van der Waals surface area contributed by atoms with Gasteiger partial charge in [-0.15, -0.1) is 0 Å². The van der Waals surface area contributed by atoms with Crippen LogP contribution in [-0.2, 0) is 25.8 Å². The minimum absolute atomic E-state index is 0. The van der Waals surface area contributed by atoms with Gasteiger partial charge in [0.2, 0.25) is 12.2 Å². The molecule has 16 nitrogen and oxygen atoms in total. The first-order valence-electron chi connectivity index (χ1n) is 10.8. The standard InChI is InChI=1S/C9H11F2N3O4.C5H5N5S.C5H4N4S.Pt/c10-9(11)6(16)4(3-15)18-7(9)14-2-1-5(12)13-8(14)17;6-5-9-3-2(4(11)10-5)7-1-8-3;10-5-3-4(7-1-6-3)8-2-9-5;/h1-2,4,6-7,15-16H,3H2,(H2,12,13,17);1H,(H4,6,7,8,9,10,11);1-2H,(H2,6,7,8,9,10);/t4-,6-,7-;;;/m1.../s1. The van der Waals surface area contributed by atoms with Gasteiger partial charge < -0.3 is 46.4 Å². The van der Waals surface area contributed by atoms with Crippen LogP contribution in [0.15, 0.2) is 36.0 Å². The molecule has 0 unspecified atom stereocenters. The Morgan fingerprint density at radius 3 is 2.35 bits per heavy atom. The van der Waals surface area contributed by atoms with Gasteiger partial charge >= 0.3 is 11.6 Å². The SMILES string of the molecule is Nc1ccn([C@@H]2O[C@H](CO)[C@@H](O)C2(F)F)c(=O)n1.Nc1nc(=S)c2[nH]cnc2[nH]1.S=c1[nH]cnc2nc[nH]c12.[Pt]. The van der Waals surface area contributed by atoms with Gasteiger partial charge in [0.15, 0.2) is 22.0 Å². The number of nitrogens with one attached hydrogen (secondary N) is 4. The van der Waals surface area contributed by atoms with Gasteiger partial charge in [-0.2, -0.15) is 13.8 Å². The fourth-order valence-electron chi connectivity index (χ4n) is 3.37. The molecule has 1 aliphatic rings. The Kier molecular flexibility index (Phi) is 9.87. The van der Waals surface area contributed by atoms with Gasteiger partial charge in [-0.25, -0.2) is 24.7 Å². The molecule has 0 saturated carbocycles. The molecule has 3 atom stereocenters. The van der Waals surface area contributed by atoms with Crippen molar-refractivity contribution in [2.75, 3.05) is 18.1 Å². The van der Waals surface area contributed by atoms with E-state index in [9.17, 15) is 18.7 Å². The molecule has 0 radical (unpaired) electrons. The molecule has 216 valence electrons. The number of fused-ring (bicyclic) bond motifs is 2. The number of imidazole rings is 2. The van der Waals surface area contributed by atoms with Crippen LogP contribution >= 0.6 is 24.4 Å². The Labute approximate surface area is 245 Å². The van der Waals surface area contributed by atoms with E-state index in [0.29, 0.717) is 30.7 Å². The van der Waals surface area contributed by atoms with Crippen molar-refractivity contribution in [3.05, 3.63) is 51.0 Å². The Morgan fingerprint density at radius 2 is 1.73 bits per heavy atom. The van der Waals surface area contributed by atoms with Crippen molar-refractivity contribution in [2.24, 2.45) is 0 Å². The summed E-state index contributed by atoms with van der Waals surface area (Å²) in [7, 11) is 0. The molecule has 10 N–H and O–H groups in total. The van der Waals surface area contributed by atoms with Gasteiger partial charge in [-0.1, -0.05) is 24.4 Å². The molecule has 1 fully saturated rings. The number of alkyl halides is 2. The molecule has 40 heavy (non-hydrogen) atoms. The molecule has 0 amide bonds. The summed E-state index contributed by atoms with van der Waals surface area (Å²) in [6, 6.07) is 1.15. The number of anilines is 2. The Hall–Kier alpha value is -3.55. The van der Waals surface area contributed by atoms with Gasteiger partial charge in [0, 0.05) is 27.3 Å². The summed E-state index contributed by atoms with van der Waals surface area (Å²) in [4.78, 5) is 41.7. The van der Waals surface area contributed by atoms with Crippen LogP contribution in [0.5, 0.6) is 0 Å². The van der Waals surface area contributed by atoms with E-state index in [1.54, 1.807) is 6.33 Å². The van der Waals surface area contributed by atoms with Crippen molar-refractivity contribution >= 4 is 58.5 Å². The first-order chi connectivity index (χ1) is 18.5. The van der Waals surface area contributed by atoms with Crippen LogP contribution < -0.4 is 17.2 Å². The van der Waals surface area contributed by atoms with Gasteiger partial charge in [0.05, 0.1) is 25.6 Å². The predicted molar refractivity (Wildman–Crippen MR) is 137 cm³/mol. The number of nitrogen functional groups attached to an aromatic ring is 2. The van der Waals surface area contributed by atoms with Crippen molar-refractivity contribution < 1.29 is 44.8 Å². The fourth-order valence-corrected chi connectivity index (χ4v) is 3.82. The summed E-state index contributed by atoms with van der Waals surface area (Å²) in [5.74, 6) is -3.54. The number of aliphatic hydroxyl groups is 2. The average Bonchev–Trinajstić information content (AvgIpc) is 3.60. The van der Waals surface area contributed by atoms with Crippen LogP contribution in [0.4, 0.5) is 20.5 Å². The number of rotatable bonds is 2. The summed E-state index contributed by atoms with van der Waals surface area (Å²) < 4.78 is 33.8. The van der Waals surface area contributed by atoms with Crippen LogP contribution in [0.25, 0.3) is 22.3 Å². The fraction of sp³-hybridized carbons (Fsp3) is 0.263. The van der Waals surface area contributed by atoms with Gasteiger partial charge in [-0.05, 0) is 6.07 Å². The number of nitrogens with zero attached hydrogens (tertiary/aromatic N) is 6. The quantitative estimate of drug-likeness (QED) is 0.113. The largest absolute Gasteiger partial charge is 0.394 e. The summed E-state index contributed by atoms with van der Waals surface area (Å²) in [6.45, 7) is -0.787. The molecule has 0 aliphatic carbocycles. The van der Waals surface area contributed by atoms with E-state index in [-0.39, 0.29) is 32.8 Å². The smallest absolute Gasteiger partial charge is 0.351 e. The van der Waals surface area contributed by atoms with Gasteiger partial charge in [0.1, 0.15) is 27.6 Å². The molecule has 0 aromatic carbocycles. The molecule has 1 saturated heterocycles. The second-order valence-corrected chi connectivity index (χ2v) is 8.55. The third kappa shape index (κ3) is 6.43. The minimum Gasteiger partial charge on any atom is -0.394 e. The molecule has 6 heterocycles. The zero-order valence-corrected chi connectivity index (χ0v) is 23.7. The topological polar surface area (TPSA) is 251 Å². The minimum atomic E-state index is -3.71. The van der Waals surface area contributed by atoms with E-state index in [1.807, 2.05) is 0 Å². The first kappa shape index (κ1) is 31.0.